The molecule has 1 atom stereocenters. The Kier molecular flexibility index (Phi) is 7.47. The van der Waals surface area contributed by atoms with Gasteiger partial charge in [0.15, 0.2) is 6.61 Å². The van der Waals surface area contributed by atoms with E-state index in [1.807, 2.05) is 18.2 Å². The van der Waals surface area contributed by atoms with Crippen molar-refractivity contribution in [1.82, 2.24) is 0 Å². The van der Waals surface area contributed by atoms with Crippen LogP contribution in [0.3, 0.4) is 0 Å². The van der Waals surface area contributed by atoms with Gasteiger partial charge in [0.2, 0.25) is 17.7 Å². The van der Waals surface area contributed by atoms with E-state index >= 15 is 0 Å². The van der Waals surface area contributed by atoms with Gasteiger partial charge in [0.25, 0.3) is 5.91 Å². The third-order valence-electron chi connectivity index (χ3n) is 5.08. The molecule has 1 fully saturated rings. The van der Waals surface area contributed by atoms with E-state index < -0.39 is 5.25 Å². The van der Waals surface area contributed by atoms with Crippen LogP contribution in [0.25, 0.3) is 0 Å². The standard InChI is InChI=1S/C26H23N3O5S/c1-17(30)27-18-7-11-20(12-8-18)29-25(32)15-23(26(29)33)35-22-13-9-19(10-14-22)28-24(31)16-34-21-5-3-2-4-6-21/h2-14,23H,15-16H2,1H3,(H,27,30)(H,28,31). The number of ether oxygens (including phenoxy) is 1. The lowest BCUT2D eigenvalue weighted by atomic mass is 10.2. The summed E-state index contributed by atoms with van der Waals surface area (Å²) in [6, 6.07) is 22.7. The van der Waals surface area contributed by atoms with Gasteiger partial charge in [-0.3, -0.25) is 19.2 Å². The van der Waals surface area contributed by atoms with Crippen LogP contribution in [-0.4, -0.2) is 35.5 Å². The molecule has 1 saturated heterocycles. The van der Waals surface area contributed by atoms with Gasteiger partial charge < -0.3 is 15.4 Å². The topological polar surface area (TPSA) is 105 Å². The number of anilines is 3. The molecule has 178 valence electrons. The lowest BCUT2D eigenvalue weighted by Gasteiger charge is -2.15. The number of carbonyl (C=O) groups is 4. The summed E-state index contributed by atoms with van der Waals surface area (Å²) in [5.41, 5.74) is 1.66. The first-order valence-corrected chi connectivity index (χ1v) is 11.8. The Morgan fingerprint density at radius 2 is 1.54 bits per heavy atom. The van der Waals surface area contributed by atoms with Crippen LogP contribution in [0.4, 0.5) is 17.1 Å². The molecule has 3 aromatic carbocycles. The van der Waals surface area contributed by atoms with Gasteiger partial charge in [-0.15, -0.1) is 11.8 Å². The van der Waals surface area contributed by atoms with E-state index in [9.17, 15) is 19.2 Å². The fraction of sp³-hybridized carbons (Fsp3) is 0.154. The van der Waals surface area contributed by atoms with Crippen molar-refractivity contribution < 1.29 is 23.9 Å². The van der Waals surface area contributed by atoms with E-state index in [0.717, 1.165) is 4.90 Å². The van der Waals surface area contributed by atoms with Crippen LogP contribution in [0.1, 0.15) is 13.3 Å². The number of rotatable bonds is 8. The molecule has 1 aliphatic rings. The van der Waals surface area contributed by atoms with Crippen molar-refractivity contribution in [3.63, 3.8) is 0 Å². The first kappa shape index (κ1) is 24.0. The first-order valence-electron chi connectivity index (χ1n) is 10.9. The summed E-state index contributed by atoms with van der Waals surface area (Å²) < 4.78 is 5.44. The van der Waals surface area contributed by atoms with Gasteiger partial charge in [0.05, 0.1) is 10.9 Å². The highest BCUT2D eigenvalue weighted by Crippen LogP contribution is 2.34. The largest absolute Gasteiger partial charge is 0.484 e. The average molecular weight is 490 g/mol. The second-order valence-corrected chi connectivity index (χ2v) is 9.06. The van der Waals surface area contributed by atoms with Gasteiger partial charge in [-0.2, -0.15) is 0 Å². The second kappa shape index (κ2) is 10.9. The van der Waals surface area contributed by atoms with Gasteiger partial charge in [0, 0.05) is 29.6 Å². The molecule has 0 bridgehead atoms. The molecule has 0 saturated carbocycles. The van der Waals surface area contributed by atoms with Crippen molar-refractivity contribution in [2.24, 2.45) is 0 Å². The number of amides is 4. The minimum absolute atomic E-state index is 0.0895. The number of thioether (sulfide) groups is 1. The summed E-state index contributed by atoms with van der Waals surface area (Å²) in [7, 11) is 0. The summed E-state index contributed by atoms with van der Waals surface area (Å²) in [6.45, 7) is 1.30. The summed E-state index contributed by atoms with van der Waals surface area (Å²) in [5, 5.41) is 4.87. The van der Waals surface area contributed by atoms with Crippen LogP contribution in [0.15, 0.2) is 83.8 Å². The number of hydrogen-bond acceptors (Lipinski definition) is 6. The summed E-state index contributed by atoms with van der Waals surface area (Å²) in [6.07, 6.45) is 0.0895. The summed E-state index contributed by atoms with van der Waals surface area (Å²) in [4.78, 5) is 50.8. The van der Waals surface area contributed by atoms with Crippen LogP contribution < -0.4 is 20.3 Å². The van der Waals surface area contributed by atoms with Crippen molar-refractivity contribution in [2.45, 2.75) is 23.5 Å². The van der Waals surface area contributed by atoms with E-state index in [4.69, 9.17) is 4.74 Å². The number of hydrogen-bond donors (Lipinski definition) is 2. The molecule has 4 rings (SSSR count). The molecule has 0 radical (unpaired) electrons. The maximum Gasteiger partial charge on any atom is 0.262 e. The summed E-state index contributed by atoms with van der Waals surface area (Å²) in [5.74, 6) is -0.438. The molecule has 8 nitrogen and oxygen atoms in total. The molecule has 35 heavy (non-hydrogen) atoms. The maximum atomic E-state index is 12.9. The molecule has 0 aliphatic carbocycles. The van der Waals surface area contributed by atoms with Crippen molar-refractivity contribution >= 4 is 52.5 Å². The molecule has 2 N–H and O–H groups in total. The van der Waals surface area contributed by atoms with Gasteiger partial charge in [-0.05, 0) is 60.7 Å². The molecular weight excluding hydrogens is 466 g/mol. The molecule has 1 unspecified atom stereocenters. The fourth-order valence-electron chi connectivity index (χ4n) is 3.51. The Bertz CT molecular complexity index is 1230. The zero-order valence-corrected chi connectivity index (χ0v) is 19.7. The zero-order valence-electron chi connectivity index (χ0n) is 18.9. The smallest absolute Gasteiger partial charge is 0.262 e. The van der Waals surface area contributed by atoms with E-state index in [1.54, 1.807) is 60.7 Å². The molecule has 1 aliphatic heterocycles. The summed E-state index contributed by atoms with van der Waals surface area (Å²) >= 11 is 1.30. The molecular formula is C26H23N3O5S. The van der Waals surface area contributed by atoms with E-state index in [1.165, 1.54) is 23.6 Å². The number of para-hydroxylation sites is 1. The van der Waals surface area contributed by atoms with Crippen LogP contribution in [0.2, 0.25) is 0 Å². The van der Waals surface area contributed by atoms with E-state index in [-0.39, 0.29) is 36.7 Å². The number of benzene rings is 3. The number of carbonyl (C=O) groups excluding carboxylic acids is 4. The van der Waals surface area contributed by atoms with Crippen molar-refractivity contribution in [3.05, 3.63) is 78.9 Å². The molecule has 0 spiro atoms. The minimum atomic E-state index is -0.544. The van der Waals surface area contributed by atoms with Crippen molar-refractivity contribution in [1.29, 1.82) is 0 Å². The van der Waals surface area contributed by atoms with Gasteiger partial charge >= 0.3 is 0 Å². The lowest BCUT2D eigenvalue weighted by molar-refractivity contribution is -0.121. The van der Waals surface area contributed by atoms with Crippen LogP contribution in [0.5, 0.6) is 5.75 Å². The lowest BCUT2D eigenvalue weighted by Crippen LogP contribution is -2.31. The van der Waals surface area contributed by atoms with Crippen LogP contribution in [-0.2, 0) is 19.2 Å². The third-order valence-corrected chi connectivity index (χ3v) is 6.28. The predicted molar refractivity (Wildman–Crippen MR) is 135 cm³/mol. The highest BCUT2D eigenvalue weighted by Gasteiger charge is 2.40. The zero-order chi connectivity index (χ0) is 24.8. The Labute approximate surface area is 206 Å². The predicted octanol–water partition coefficient (Wildman–Crippen LogP) is 4.09. The van der Waals surface area contributed by atoms with E-state index in [0.29, 0.717) is 22.8 Å². The minimum Gasteiger partial charge on any atom is -0.484 e. The molecule has 4 amide bonds. The third kappa shape index (κ3) is 6.27. The molecule has 0 aromatic heterocycles. The average Bonchev–Trinajstić information content (AvgIpc) is 3.12. The van der Waals surface area contributed by atoms with Crippen LogP contribution in [0, 0.1) is 0 Å². The Balaban J connectivity index is 1.32. The highest BCUT2D eigenvalue weighted by molar-refractivity contribution is 8.00. The number of nitrogens with zero attached hydrogens (tertiary/aromatic N) is 1. The van der Waals surface area contributed by atoms with Gasteiger partial charge in [-0.1, -0.05) is 18.2 Å². The number of nitrogens with one attached hydrogen (secondary N) is 2. The normalized spacial score (nSPS) is 15.1. The second-order valence-electron chi connectivity index (χ2n) is 7.78. The monoisotopic (exact) mass is 489 g/mol. The molecule has 1 heterocycles. The SMILES string of the molecule is CC(=O)Nc1ccc(N2C(=O)CC(Sc3ccc(NC(=O)COc4ccccc4)cc3)C2=O)cc1. The molecule has 3 aromatic rings. The van der Waals surface area contributed by atoms with Gasteiger partial charge in [0.1, 0.15) is 5.75 Å². The first-order chi connectivity index (χ1) is 16.9. The number of imide groups is 1. The quantitative estimate of drug-likeness (QED) is 0.462. The van der Waals surface area contributed by atoms with Crippen molar-refractivity contribution in [3.8, 4) is 5.75 Å². The Morgan fingerprint density at radius 3 is 2.20 bits per heavy atom. The molecule has 9 heteroatoms. The highest BCUT2D eigenvalue weighted by atomic mass is 32.2. The van der Waals surface area contributed by atoms with Crippen LogP contribution >= 0.6 is 11.8 Å². The van der Waals surface area contributed by atoms with E-state index in [2.05, 4.69) is 10.6 Å². The fourth-order valence-corrected chi connectivity index (χ4v) is 4.56. The Morgan fingerprint density at radius 1 is 0.914 bits per heavy atom. The maximum absolute atomic E-state index is 12.9. The van der Waals surface area contributed by atoms with Crippen molar-refractivity contribution in [2.75, 3.05) is 22.1 Å². The Hall–Kier alpha value is -4.11. The van der Waals surface area contributed by atoms with Gasteiger partial charge in [-0.25, -0.2) is 4.90 Å².